The van der Waals surface area contributed by atoms with E-state index in [1.54, 1.807) is 19.1 Å². The Morgan fingerprint density at radius 1 is 1.06 bits per heavy atom. The van der Waals surface area contributed by atoms with Gasteiger partial charge in [0.25, 0.3) is 0 Å². The fourth-order valence-corrected chi connectivity index (χ4v) is 7.12. The summed E-state index contributed by atoms with van der Waals surface area (Å²) in [5, 5.41) is 13.7. The standard InChI is InChI=1S/C37H44N4O6/c1-21(2)28-12-10-13-29(38-28)30-19-32(25-14-15-31(46-5)22(3)33(25)39-30)47-24-17-26-27(18-24)35(43)41(4)16-9-7-6-8-11-23-20-37(23,36(44)45)40-34(26)42/h8,10-15,19,21,23-24,26-27H,6-7,9,16-18,20H2,1-5H3,(H,40,42)(H,44,45)/b11-8-. The molecule has 5 atom stereocenters. The zero-order valence-electron chi connectivity index (χ0n) is 27.8. The molecule has 3 aliphatic rings. The first-order chi connectivity index (χ1) is 22.5. The Morgan fingerprint density at radius 2 is 1.85 bits per heavy atom. The molecule has 2 aromatic heterocycles. The molecule has 0 bridgehead atoms. The number of ether oxygens (including phenoxy) is 2. The van der Waals surface area contributed by atoms with Gasteiger partial charge in [-0.2, -0.15) is 0 Å². The second kappa shape index (κ2) is 13.0. The molecule has 2 N–H and O–H groups in total. The van der Waals surface area contributed by atoms with Gasteiger partial charge in [-0.05, 0) is 75.6 Å². The molecule has 248 valence electrons. The first-order valence-corrected chi connectivity index (χ1v) is 16.6. The number of hydrogen-bond acceptors (Lipinski definition) is 7. The predicted molar refractivity (Wildman–Crippen MR) is 178 cm³/mol. The molecule has 1 aromatic carbocycles. The van der Waals surface area contributed by atoms with Gasteiger partial charge < -0.3 is 24.8 Å². The van der Waals surface area contributed by atoms with Crippen molar-refractivity contribution >= 4 is 28.7 Å². The Hall–Kier alpha value is -4.47. The van der Waals surface area contributed by atoms with Crippen molar-refractivity contribution in [2.45, 2.75) is 76.9 Å². The van der Waals surface area contributed by atoms with Crippen molar-refractivity contribution in [2.24, 2.45) is 17.8 Å². The van der Waals surface area contributed by atoms with Crippen LogP contribution in [-0.4, -0.2) is 70.1 Å². The lowest BCUT2D eigenvalue weighted by atomic mass is 9.93. The Balaban J connectivity index is 1.36. The number of rotatable bonds is 6. The van der Waals surface area contributed by atoms with Crippen LogP contribution in [0.5, 0.6) is 11.5 Å². The molecule has 3 heterocycles. The summed E-state index contributed by atoms with van der Waals surface area (Å²) in [6.07, 6.45) is 6.93. The van der Waals surface area contributed by atoms with E-state index < -0.39 is 35.4 Å². The molecule has 10 nitrogen and oxygen atoms in total. The van der Waals surface area contributed by atoms with E-state index in [4.69, 9.17) is 19.4 Å². The van der Waals surface area contributed by atoms with Gasteiger partial charge in [0.1, 0.15) is 23.1 Å². The Bertz CT molecular complexity index is 1740. The van der Waals surface area contributed by atoms with Crippen molar-refractivity contribution in [2.75, 3.05) is 20.7 Å². The number of aromatic nitrogens is 2. The maximum absolute atomic E-state index is 13.9. The third-order valence-corrected chi connectivity index (χ3v) is 10.1. The quantitative estimate of drug-likeness (QED) is 0.330. The van der Waals surface area contributed by atoms with E-state index in [2.05, 4.69) is 19.2 Å². The molecule has 47 heavy (non-hydrogen) atoms. The minimum Gasteiger partial charge on any atom is -0.496 e. The lowest BCUT2D eigenvalue weighted by Crippen LogP contribution is -2.49. The van der Waals surface area contributed by atoms with Gasteiger partial charge in [0.2, 0.25) is 11.8 Å². The number of nitrogens with zero attached hydrogens (tertiary/aromatic N) is 3. The zero-order chi connectivity index (χ0) is 33.5. The molecule has 10 heteroatoms. The maximum Gasteiger partial charge on any atom is 0.330 e. The second-order valence-corrected chi connectivity index (χ2v) is 13.6. The van der Waals surface area contributed by atoms with Crippen LogP contribution in [0.3, 0.4) is 0 Å². The summed E-state index contributed by atoms with van der Waals surface area (Å²) in [4.78, 5) is 51.6. The van der Waals surface area contributed by atoms with Gasteiger partial charge in [0.05, 0.1) is 35.9 Å². The van der Waals surface area contributed by atoms with Crippen LogP contribution in [-0.2, 0) is 14.4 Å². The van der Waals surface area contributed by atoms with Crippen LogP contribution in [0.2, 0.25) is 0 Å². The molecule has 2 saturated carbocycles. The number of aryl methyl sites for hydroxylation is 1. The molecule has 2 fully saturated rings. The van der Waals surface area contributed by atoms with E-state index in [0.29, 0.717) is 42.3 Å². The fraction of sp³-hybridized carbons (Fsp3) is 0.486. The third-order valence-electron chi connectivity index (χ3n) is 10.1. The summed E-state index contributed by atoms with van der Waals surface area (Å²) in [5.41, 5.74) is 2.56. The normalized spacial score (nSPS) is 27.1. The van der Waals surface area contributed by atoms with Gasteiger partial charge in [-0.1, -0.05) is 32.1 Å². The highest BCUT2D eigenvalue weighted by Crippen LogP contribution is 2.47. The number of carboxylic acid groups (broad SMARTS) is 1. The molecular weight excluding hydrogens is 596 g/mol. The number of benzene rings is 1. The minimum atomic E-state index is -1.33. The van der Waals surface area contributed by atoms with Gasteiger partial charge in [0.15, 0.2) is 0 Å². The highest BCUT2D eigenvalue weighted by Gasteiger charge is 2.61. The number of aliphatic carboxylic acids is 1. The smallest absolute Gasteiger partial charge is 0.330 e. The SMILES string of the molecule is COc1ccc2c(OC3CC4C(=O)NC5(C(=O)O)CC5/C=C\CCCCN(C)C(=O)C4C3)cc(-c3cccc(C(C)C)n3)nc2c1C. The summed E-state index contributed by atoms with van der Waals surface area (Å²) in [7, 11) is 3.40. The molecule has 0 radical (unpaired) electrons. The van der Waals surface area contributed by atoms with Crippen molar-refractivity contribution in [1.29, 1.82) is 0 Å². The number of carbonyl (C=O) groups excluding carboxylic acids is 2. The minimum absolute atomic E-state index is 0.115. The first-order valence-electron chi connectivity index (χ1n) is 16.6. The molecular formula is C37H44N4O6. The van der Waals surface area contributed by atoms with Crippen LogP contribution in [0.25, 0.3) is 22.3 Å². The monoisotopic (exact) mass is 640 g/mol. The first kappa shape index (κ1) is 32.5. The lowest BCUT2D eigenvalue weighted by Gasteiger charge is -2.26. The number of hydrogen-bond donors (Lipinski definition) is 2. The largest absolute Gasteiger partial charge is 0.496 e. The number of carboxylic acids is 1. The summed E-state index contributed by atoms with van der Waals surface area (Å²) < 4.78 is 12.3. The van der Waals surface area contributed by atoms with E-state index in [1.807, 2.05) is 55.5 Å². The summed E-state index contributed by atoms with van der Waals surface area (Å²) in [5.74, 6) is -1.67. The molecule has 5 unspecified atom stereocenters. The number of carbonyl (C=O) groups is 3. The van der Waals surface area contributed by atoms with Crippen molar-refractivity contribution < 1.29 is 29.0 Å². The maximum atomic E-state index is 13.9. The summed E-state index contributed by atoms with van der Waals surface area (Å²) in [6, 6.07) is 11.6. The van der Waals surface area contributed by atoms with Gasteiger partial charge in [-0.15, -0.1) is 0 Å². The van der Waals surface area contributed by atoms with Gasteiger partial charge in [-0.25, -0.2) is 9.78 Å². The third kappa shape index (κ3) is 6.30. The second-order valence-electron chi connectivity index (χ2n) is 13.6. The fourth-order valence-electron chi connectivity index (χ4n) is 7.12. The van der Waals surface area contributed by atoms with Crippen LogP contribution < -0.4 is 14.8 Å². The number of pyridine rings is 2. The number of amides is 2. The number of fused-ring (bicyclic) bond motifs is 3. The highest BCUT2D eigenvalue weighted by molar-refractivity contribution is 5.94. The number of allylic oxidation sites excluding steroid dienone is 1. The van der Waals surface area contributed by atoms with E-state index >= 15 is 0 Å². The van der Waals surface area contributed by atoms with E-state index in [-0.39, 0.29) is 24.2 Å². The Kier molecular flexibility index (Phi) is 8.96. The number of methoxy groups -OCH3 is 1. The van der Waals surface area contributed by atoms with Crippen LogP contribution in [0.1, 0.15) is 69.5 Å². The van der Waals surface area contributed by atoms with Crippen LogP contribution >= 0.6 is 0 Å². The molecule has 0 saturated heterocycles. The van der Waals surface area contributed by atoms with Crippen LogP contribution in [0.4, 0.5) is 0 Å². The molecule has 2 aliphatic carbocycles. The average Bonchev–Trinajstić information content (AvgIpc) is 3.59. The molecule has 2 amide bonds. The van der Waals surface area contributed by atoms with Gasteiger partial charge in [0, 0.05) is 42.2 Å². The zero-order valence-corrected chi connectivity index (χ0v) is 27.8. The Morgan fingerprint density at radius 3 is 2.60 bits per heavy atom. The number of nitrogens with one attached hydrogen (secondary N) is 1. The van der Waals surface area contributed by atoms with Crippen molar-refractivity contribution in [3.63, 3.8) is 0 Å². The molecule has 1 aliphatic heterocycles. The Labute approximate surface area is 275 Å². The van der Waals surface area contributed by atoms with E-state index in [0.717, 1.165) is 41.4 Å². The average molecular weight is 641 g/mol. The van der Waals surface area contributed by atoms with Crippen molar-refractivity contribution in [3.8, 4) is 22.9 Å². The van der Waals surface area contributed by atoms with Crippen molar-refractivity contribution in [3.05, 3.63) is 59.8 Å². The van der Waals surface area contributed by atoms with Crippen LogP contribution in [0, 0.1) is 24.7 Å². The molecule has 3 aromatic rings. The molecule has 0 spiro atoms. The van der Waals surface area contributed by atoms with E-state index in [1.165, 1.54) is 0 Å². The highest BCUT2D eigenvalue weighted by atomic mass is 16.5. The summed E-state index contributed by atoms with van der Waals surface area (Å²) >= 11 is 0. The van der Waals surface area contributed by atoms with Gasteiger partial charge in [-0.3, -0.25) is 14.6 Å². The van der Waals surface area contributed by atoms with Crippen molar-refractivity contribution in [1.82, 2.24) is 20.2 Å². The predicted octanol–water partition coefficient (Wildman–Crippen LogP) is 5.67. The topological polar surface area (TPSA) is 131 Å². The lowest BCUT2D eigenvalue weighted by molar-refractivity contribution is -0.145. The summed E-state index contributed by atoms with van der Waals surface area (Å²) in [6.45, 7) is 6.73. The van der Waals surface area contributed by atoms with E-state index in [9.17, 15) is 19.5 Å². The van der Waals surface area contributed by atoms with Crippen LogP contribution in [0.15, 0.2) is 48.6 Å². The molecule has 6 rings (SSSR count). The van der Waals surface area contributed by atoms with Gasteiger partial charge >= 0.3 is 5.97 Å².